The molecule has 0 bridgehead atoms. The third-order valence-corrected chi connectivity index (χ3v) is 3.52. The maximum absolute atomic E-state index is 11.6. The quantitative estimate of drug-likeness (QED) is 0.693. The van der Waals surface area contributed by atoms with Crippen LogP contribution in [0.4, 0.5) is 0 Å². The summed E-state index contributed by atoms with van der Waals surface area (Å²) in [5.41, 5.74) is 0.803. The first-order chi connectivity index (χ1) is 6.01. The van der Waals surface area contributed by atoms with Crippen LogP contribution in [0, 0.1) is 11.3 Å². The predicted octanol–water partition coefficient (Wildman–Crippen LogP) is 2.33. The van der Waals surface area contributed by atoms with Gasteiger partial charge in [-0.3, -0.25) is 4.79 Å². The molecule has 1 fully saturated rings. The van der Waals surface area contributed by atoms with Crippen molar-refractivity contribution < 1.29 is 4.79 Å². The van der Waals surface area contributed by atoms with E-state index in [4.69, 9.17) is 0 Å². The SMILES string of the molecule is CC1(C)C(=O)NC2=CC=C(Br)CC21. The highest BCUT2D eigenvalue weighted by Crippen LogP contribution is 2.44. The number of fused-ring (bicyclic) bond motifs is 1. The Morgan fingerprint density at radius 2 is 2.23 bits per heavy atom. The molecule has 1 atom stereocenters. The molecule has 2 rings (SSSR count). The largest absolute Gasteiger partial charge is 0.329 e. The Balaban J connectivity index is 2.38. The van der Waals surface area contributed by atoms with Crippen molar-refractivity contribution in [2.75, 3.05) is 0 Å². The fourth-order valence-electron chi connectivity index (χ4n) is 1.89. The lowest BCUT2D eigenvalue weighted by atomic mass is 9.77. The molecule has 2 nitrogen and oxygen atoms in total. The van der Waals surface area contributed by atoms with E-state index >= 15 is 0 Å². The van der Waals surface area contributed by atoms with Crippen LogP contribution in [0.25, 0.3) is 0 Å². The van der Waals surface area contributed by atoms with Gasteiger partial charge in [0, 0.05) is 11.6 Å². The highest BCUT2D eigenvalue weighted by Gasteiger charge is 2.46. The van der Waals surface area contributed by atoms with Gasteiger partial charge in [0.25, 0.3) is 0 Å². The zero-order valence-electron chi connectivity index (χ0n) is 7.73. The summed E-state index contributed by atoms with van der Waals surface area (Å²) in [6.45, 7) is 4.00. The summed E-state index contributed by atoms with van der Waals surface area (Å²) in [5, 5.41) is 2.92. The molecule has 1 saturated heterocycles. The zero-order chi connectivity index (χ0) is 9.64. The summed E-state index contributed by atoms with van der Waals surface area (Å²) in [5.74, 6) is 0.457. The van der Waals surface area contributed by atoms with Crippen LogP contribution in [0.15, 0.2) is 22.3 Å². The second kappa shape index (κ2) is 2.71. The van der Waals surface area contributed by atoms with Crippen LogP contribution in [0.5, 0.6) is 0 Å². The Labute approximate surface area is 86.2 Å². The lowest BCUT2D eigenvalue weighted by Gasteiger charge is -2.25. The summed E-state index contributed by atoms with van der Waals surface area (Å²) < 4.78 is 1.17. The van der Waals surface area contributed by atoms with Crippen LogP contribution in [-0.4, -0.2) is 5.91 Å². The van der Waals surface area contributed by atoms with E-state index in [1.165, 1.54) is 4.48 Å². The van der Waals surface area contributed by atoms with Crippen molar-refractivity contribution in [1.29, 1.82) is 0 Å². The van der Waals surface area contributed by atoms with Gasteiger partial charge in [-0.25, -0.2) is 0 Å². The normalized spacial score (nSPS) is 30.4. The summed E-state index contributed by atoms with van der Waals surface area (Å²) in [6.07, 6.45) is 4.93. The number of halogens is 1. The van der Waals surface area contributed by atoms with E-state index in [0.717, 1.165) is 12.1 Å². The van der Waals surface area contributed by atoms with Crippen LogP contribution in [0.1, 0.15) is 20.3 Å². The first kappa shape index (κ1) is 9.00. The van der Waals surface area contributed by atoms with Crippen molar-refractivity contribution >= 4 is 21.8 Å². The molecule has 1 heterocycles. The van der Waals surface area contributed by atoms with Gasteiger partial charge in [0.2, 0.25) is 5.91 Å². The highest BCUT2D eigenvalue weighted by molar-refractivity contribution is 9.11. The molecular weight excluding hydrogens is 230 g/mol. The standard InChI is InChI=1S/C10H12BrNO/c1-10(2)7-5-6(11)3-4-8(7)12-9(10)13/h3-4,7H,5H2,1-2H3,(H,12,13). The van der Waals surface area contributed by atoms with Crippen LogP contribution in [0.3, 0.4) is 0 Å². The third kappa shape index (κ3) is 1.26. The van der Waals surface area contributed by atoms with Crippen LogP contribution < -0.4 is 5.32 Å². The lowest BCUT2D eigenvalue weighted by Crippen LogP contribution is -2.28. The van der Waals surface area contributed by atoms with Gasteiger partial charge < -0.3 is 5.32 Å². The Morgan fingerprint density at radius 1 is 1.54 bits per heavy atom. The molecule has 1 amide bonds. The van der Waals surface area contributed by atoms with Crippen molar-refractivity contribution in [3.8, 4) is 0 Å². The second-order valence-corrected chi connectivity index (χ2v) is 5.19. The van der Waals surface area contributed by atoms with Crippen LogP contribution in [-0.2, 0) is 4.79 Å². The Kier molecular flexibility index (Phi) is 1.88. The van der Waals surface area contributed by atoms with Crippen LogP contribution in [0.2, 0.25) is 0 Å². The van der Waals surface area contributed by atoms with Gasteiger partial charge in [-0.1, -0.05) is 35.9 Å². The minimum Gasteiger partial charge on any atom is -0.329 e. The van der Waals surface area contributed by atoms with Gasteiger partial charge in [0.15, 0.2) is 0 Å². The maximum Gasteiger partial charge on any atom is 0.230 e. The van der Waals surface area contributed by atoms with E-state index in [2.05, 4.69) is 21.2 Å². The first-order valence-electron chi connectivity index (χ1n) is 4.39. The number of carbonyl (C=O) groups excluding carboxylic acids is 1. The number of nitrogens with one attached hydrogen (secondary N) is 1. The van der Waals surface area contributed by atoms with E-state index < -0.39 is 0 Å². The van der Waals surface area contributed by atoms with Gasteiger partial charge >= 0.3 is 0 Å². The number of hydrogen-bond acceptors (Lipinski definition) is 1. The second-order valence-electron chi connectivity index (χ2n) is 4.17. The number of hydrogen-bond donors (Lipinski definition) is 1. The first-order valence-corrected chi connectivity index (χ1v) is 5.19. The molecule has 1 unspecified atom stereocenters. The molecular formula is C10H12BrNO. The molecule has 0 radical (unpaired) electrons. The van der Waals surface area contributed by atoms with E-state index in [-0.39, 0.29) is 11.3 Å². The van der Waals surface area contributed by atoms with E-state index in [1.807, 2.05) is 26.0 Å². The number of allylic oxidation sites excluding steroid dienone is 4. The topological polar surface area (TPSA) is 29.1 Å². The molecule has 3 heteroatoms. The molecule has 0 aromatic rings. The number of rotatable bonds is 0. The van der Waals surface area contributed by atoms with E-state index in [9.17, 15) is 4.79 Å². The summed E-state index contributed by atoms with van der Waals surface area (Å²) >= 11 is 3.47. The predicted molar refractivity (Wildman–Crippen MR) is 55.1 cm³/mol. The molecule has 13 heavy (non-hydrogen) atoms. The molecule has 0 saturated carbocycles. The molecule has 0 aromatic carbocycles. The average Bonchev–Trinajstić information content (AvgIpc) is 2.27. The smallest absolute Gasteiger partial charge is 0.230 e. The molecule has 1 N–H and O–H groups in total. The van der Waals surface area contributed by atoms with Gasteiger partial charge in [-0.05, 0) is 17.0 Å². The van der Waals surface area contributed by atoms with Crippen LogP contribution >= 0.6 is 15.9 Å². The van der Waals surface area contributed by atoms with Crippen molar-refractivity contribution in [3.63, 3.8) is 0 Å². The third-order valence-electron chi connectivity index (χ3n) is 2.93. The number of amides is 1. The Morgan fingerprint density at radius 3 is 2.92 bits per heavy atom. The van der Waals surface area contributed by atoms with Crippen molar-refractivity contribution in [2.24, 2.45) is 11.3 Å². The number of carbonyl (C=O) groups is 1. The summed E-state index contributed by atoms with van der Waals surface area (Å²) in [7, 11) is 0. The van der Waals surface area contributed by atoms with Crippen molar-refractivity contribution in [1.82, 2.24) is 5.32 Å². The van der Waals surface area contributed by atoms with E-state index in [0.29, 0.717) is 5.92 Å². The molecule has 1 aliphatic carbocycles. The lowest BCUT2D eigenvalue weighted by molar-refractivity contribution is -0.127. The Bertz CT molecular complexity index is 328. The minimum atomic E-state index is -0.265. The fourth-order valence-corrected chi connectivity index (χ4v) is 2.35. The summed E-state index contributed by atoms with van der Waals surface area (Å²) in [6, 6.07) is 0. The zero-order valence-corrected chi connectivity index (χ0v) is 9.31. The fraction of sp³-hybridized carbons (Fsp3) is 0.500. The molecule has 1 aliphatic heterocycles. The molecule has 0 spiro atoms. The van der Waals surface area contributed by atoms with Crippen molar-refractivity contribution in [2.45, 2.75) is 20.3 Å². The highest BCUT2D eigenvalue weighted by atomic mass is 79.9. The Hall–Kier alpha value is -0.570. The molecule has 70 valence electrons. The maximum atomic E-state index is 11.6. The average molecular weight is 242 g/mol. The van der Waals surface area contributed by atoms with Gasteiger partial charge in [-0.2, -0.15) is 0 Å². The van der Waals surface area contributed by atoms with Gasteiger partial charge in [0.1, 0.15) is 0 Å². The van der Waals surface area contributed by atoms with Gasteiger partial charge in [-0.15, -0.1) is 0 Å². The molecule has 0 aromatic heterocycles. The minimum absolute atomic E-state index is 0.138. The van der Waals surface area contributed by atoms with Gasteiger partial charge in [0.05, 0.1) is 5.41 Å². The van der Waals surface area contributed by atoms with E-state index in [1.54, 1.807) is 0 Å². The van der Waals surface area contributed by atoms with Crippen molar-refractivity contribution in [3.05, 3.63) is 22.3 Å². The monoisotopic (exact) mass is 241 g/mol. The summed E-state index contributed by atoms with van der Waals surface area (Å²) in [4.78, 5) is 11.6. The molecule has 2 aliphatic rings.